The maximum atomic E-state index is 5.83. The van der Waals surface area contributed by atoms with Gasteiger partial charge in [-0.2, -0.15) is 0 Å². The van der Waals surface area contributed by atoms with Crippen molar-refractivity contribution in [3.8, 4) is 0 Å². The summed E-state index contributed by atoms with van der Waals surface area (Å²) < 4.78 is 17.5. The molecule has 0 aromatic heterocycles. The minimum absolute atomic E-state index is 0.259. The molecular weight excluding hydrogens is 207 g/mol. The van der Waals surface area contributed by atoms with Gasteiger partial charge in [0.1, 0.15) is 0 Å². The van der Waals surface area contributed by atoms with Crippen LogP contribution in [0, 0.1) is 0 Å². The zero-order valence-electron chi connectivity index (χ0n) is 10.4. The van der Waals surface area contributed by atoms with E-state index in [0.29, 0.717) is 12.2 Å². The fourth-order valence-corrected chi connectivity index (χ4v) is 3.63. The molecule has 1 aliphatic heterocycles. The van der Waals surface area contributed by atoms with Crippen molar-refractivity contribution >= 4 is 15.1 Å². The summed E-state index contributed by atoms with van der Waals surface area (Å²) in [4.78, 5) is 0. The molecule has 0 amide bonds. The lowest BCUT2D eigenvalue weighted by Crippen LogP contribution is -2.44. The highest BCUT2D eigenvalue weighted by Crippen LogP contribution is 2.22. The summed E-state index contributed by atoms with van der Waals surface area (Å²) in [5, 5.41) is 0. The van der Waals surface area contributed by atoms with Gasteiger partial charge in [-0.15, -0.1) is 0 Å². The van der Waals surface area contributed by atoms with Crippen LogP contribution in [-0.2, 0) is 11.4 Å². The van der Waals surface area contributed by atoms with E-state index in [1.807, 2.05) is 0 Å². The fraction of sp³-hybridized carbons (Fsp3) is 1.00. The first-order valence-electron chi connectivity index (χ1n) is 6.15. The molecule has 0 aliphatic carbocycles. The Morgan fingerprint density at radius 1 is 1.20 bits per heavy atom. The Balaban J connectivity index is 2.42. The van der Waals surface area contributed by atoms with Gasteiger partial charge < -0.3 is 11.4 Å². The van der Waals surface area contributed by atoms with E-state index in [1.54, 1.807) is 0 Å². The standard InChI is InChI=1S/C7H14O2.C4H9O.Al/c1-3-6(8)5-7(9)4-2;1-3-4(2)5;/h6-7H,3-5H2,1-2H3;4H,3H2,1-2H3;/q-2;-1;+3. The first kappa shape index (κ1) is 13.5. The van der Waals surface area contributed by atoms with Gasteiger partial charge in [-0.3, -0.25) is 0 Å². The maximum absolute atomic E-state index is 5.83. The van der Waals surface area contributed by atoms with Crippen molar-refractivity contribution in [2.45, 2.75) is 71.7 Å². The van der Waals surface area contributed by atoms with Crippen LogP contribution in [0.25, 0.3) is 0 Å². The van der Waals surface area contributed by atoms with Crippen LogP contribution < -0.4 is 0 Å². The Morgan fingerprint density at radius 2 is 1.73 bits per heavy atom. The molecule has 1 heterocycles. The smallest absolute Gasteiger partial charge is 0.452 e. The second-order valence-corrected chi connectivity index (χ2v) is 5.61. The topological polar surface area (TPSA) is 27.7 Å². The van der Waals surface area contributed by atoms with Crippen LogP contribution in [0.1, 0.15) is 53.4 Å². The van der Waals surface area contributed by atoms with E-state index < -0.39 is 15.1 Å². The molecule has 1 rings (SSSR count). The second-order valence-electron chi connectivity index (χ2n) is 4.21. The van der Waals surface area contributed by atoms with Crippen molar-refractivity contribution in [2.24, 2.45) is 0 Å². The molecule has 0 aromatic carbocycles. The Bertz CT molecular complexity index is 162. The van der Waals surface area contributed by atoms with E-state index in [-0.39, 0.29) is 6.10 Å². The lowest BCUT2D eigenvalue weighted by Gasteiger charge is -2.33. The highest BCUT2D eigenvalue weighted by Gasteiger charge is 2.42. The van der Waals surface area contributed by atoms with Gasteiger partial charge >= 0.3 is 15.1 Å². The van der Waals surface area contributed by atoms with E-state index in [1.165, 1.54) is 0 Å². The summed E-state index contributed by atoms with van der Waals surface area (Å²) >= 11 is -1.85. The Morgan fingerprint density at radius 3 is 2.13 bits per heavy atom. The quantitative estimate of drug-likeness (QED) is 0.680. The van der Waals surface area contributed by atoms with Gasteiger partial charge in [0.05, 0.1) is 0 Å². The van der Waals surface area contributed by atoms with Gasteiger partial charge in [0.25, 0.3) is 0 Å². The summed E-state index contributed by atoms with van der Waals surface area (Å²) in [6.07, 6.45) is 5.13. The normalized spacial score (nSPS) is 29.2. The van der Waals surface area contributed by atoms with Gasteiger partial charge in [0.15, 0.2) is 0 Å². The van der Waals surface area contributed by atoms with Gasteiger partial charge in [-0.1, -0.05) is 20.8 Å². The molecule has 88 valence electrons. The number of rotatable bonds is 5. The molecule has 0 spiro atoms. The van der Waals surface area contributed by atoms with E-state index in [0.717, 1.165) is 25.7 Å². The van der Waals surface area contributed by atoms with Crippen LogP contribution in [-0.4, -0.2) is 33.5 Å². The molecule has 1 aliphatic rings. The highest BCUT2D eigenvalue weighted by molar-refractivity contribution is 6.36. The van der Waals surface area contributed by atoms with Crippen LogP contribution in [0.15, 0.2) is 0 Å². The molecule has 3 unspecified atom stereocenters. The van der Waals surface area contributed by atoms with Crippen molar-refractivity contribution in [3.63, 3.8) is 0 Å². The summed E-state index contributed by atoms with van der Waals surface area (Å²) in [5.74, 6) is 0. The first-order valence-corrected chi connectivity index (χ1v) is 7.57. The van der Waals surface area contributed by atoms with Gasteiger partial charge in [-0.05, 0) is 32.6 Å². The van der Waals surface area contributed by atoms with Crippen LogP contribution >= 0.6 is 0 Å². The van der Waals surface area contributed by atoms with Crippen molar-refractivity contribution in [1.29, 1.82) is 0 Å². The lowest BCUT2D eigenvalue weighted by molar-refractivity contribution is -0.0461. The zero-order chi connectivity index (χ0) is 11.3. The molecule has 0 N–H and O–H groups in total. The minimum atomic E-state index is -1.85. The maximum Gasteiger partial charge on any atom is 0.906 e. The summed E-state index contributed by atoms with van der Waals surface area (Å²) in [6, 6.07) is 0. The molecule has 0 saturated carbocycles. The minimum Gasteiger partial charge on any atom is -0.452 e. The molecular formula is C11H23AlO3. The molecule has 3 atom stereocenters. The SMILES string of the molecule is CCC(C)[O][Al]1[O]C(CC)CC(CC)[O]1. The molecule has 0 bridgehead atoms. The van der Waals surface area contributed by atoms with Gasteiger partial charge in [-0.25, -0.2) is 0 Å². The van der Waals surface area contributed by atoms with Crippen LogP contribution in [0.2, 0.25) is 0 Å². The summed E-state index contributed by atoms with van der Waals surface area (Å²) in [5.41, 5.74) is 0. The Hall–Kier alpha value is 0.412. The number of hydrogen-bond acceptors (Lipinski definition) is 3. The van der Waals surface area contributed by atoms with Crippen molar-refractivity contribution in [1.82, 2.24) is 0 Å². The molecule has 15 heavy (non-hydrogen) atoms. The third-order valence-electron chi connectivity index (χ3n) is 2.96. The van der Waals surface area contributed by atoms with E-state index in [9.17, 15) is 0 Å². The molecule has 3 nitrogen and oxygen atoms in total. The van der Waals surface area contributed by atoms with Crippen LogP contribution in [0.3, 0.4) is 0 Å². The summed E-state index contributed by atoms with van der Waals surface area (Å²) in [6.45, 7) is 8.53. The third kappa shape index (κ3) is 4.42. The third-order valence-corrected chi connectivity index (χ3v) is 4.86. The van der Waals surface area contributed by atoms with E-state index in [4.69, 9.17) is 11.4 Å². The zero-order valence-corrected chi connectivity index (χ0v) is 11.5. The molecule has 1 saturated heterocycles. The molecule has 4 heteroatoms. The van der Waals surface area contributed by atoms with Crippen molar-refractivity contribution in [3.05, 3.63) is 0 Å². The van der Waals surface area contributed by atoms with Crippen LogP contribution in [0.4, 0.5) is 0 Å². The average Bonchev–Trinajstić information content (AvgIpc) is 2.28. The Kier molecular flexibility index (Phi) is 6.18. The Labute approximate surface area is 98.5 Å². The average molecular weight is 230 g/mol. The van der Waals surface area contributed by atoms with Crippen molar-refractivity contribution < 1.29 is 11.4 Å². The largest absolute Gasteiger partial charge is 0.906 e. The lowest BCUT2D eigenvalue weighted by atomic mass is 10.1. The summed E-state index contributed by atoms with van der Waals surface area (Å²) in [7, 11) is 0. The van der Waals surface area contributed by atoms with Crippen LogP contribution in [0.5, 0.6) is 0 Å². The van der Waals surface area contributed by atoms with Crippen molar-refractivity contribution in [2.75, 3.05) is 0 Å². The van der Waals surface area contributed by atoms with Gasteiger partial charge in [0, 0.05) is 18.3 Å². The monoisotopic (exact) mass is 230 g/mol. The molecule has 1 fully saturated rings. The second kappa shape index (κ2) is 6.88. The first-order chi connectivity index (χ1) is 7.19. The predicted octanol–water partition coefficient (Wildman–Crippen LogP) is 2.78. The van der Waals surface area contributed by atoms with E-state index >= 15 is 0 Å². The fourth-order valence-electron chi connectivity index (χ4n) is 1.63. The van der Waals surface area contributed by atoms with Gasteiger partial charge in [0.2, 0.25) is 0 Å². The van der Waals surface area contributed by atoms with E-state index in [2.05, 4.69) is 27.7 Å². The molecule has 0 aromatic rings. The predicted molar refractivity (Wildman–Crippen MR) is 61.5 cm³/mol. The highest BCUT2D eigenvalue weighted by atomic mass is 27.3. The molecule has 0 radical (unpaired) electrons. The number of hydrogen-bond donors (Lipinski definition) is 0.